The third-order valence-corrected chi connectivity index (χ3v) is 5.93. The van der Waals surface area contributed by atoms with E-state index < -0.39 is 35.4 Å². The van der Waals surface area contributed by atoms with Crippen LogP contribution >= 0.6 is 0 Å². The van der Waals surface area contributed by atoms with Crippen LogP contribution in [0.4, 0.5) is 8.78 Å². The molecule has 4 aromatic rings. The summed E-state index contributed by atoms with van der Waals surface area (Å²) in [7, 11) is 0. The van der Waals surface area contributed by atoms with Crippen molar-refractivity contribution in [2.24, 2.45) is 0 Å². The van der Waals surface area contributed by atoms with E-state index in [2.05, 4.69) is 18.0 Å². The first-order chi connectivity index (χ1) is 18.6. The fourth-order valence-electron chi connectivity index (χ4n) is 3.82. The molecule has 0 aliphatic heterocycles. The molecule has 1 N–H and O–H groups in total. The fourth-order valence-corrected chi connectivity index (χ4v) is 3.82. The highest BCUT2D eigenvalue weighted by Gasteiger charge is 2.25. The summed E-state index contributed by atoms with van der Waals surface area (Å²) in [4.78, 5) is 28.0. The molecule has 0 heterocycles. The first-order valence-electron chi connectivity index (χ1n) is 11.8. The van der Waals surface area contributed by atoms with Crippen LogP contribution in [-0.2, 0) is 14.5 Å². The largest absolute Gasteiger partial charge is 0.423 e. The van der Waals surface area contributed by atoms with E-state index in [1.807, 2.05) is 24.3 Å². The van der Waals surface area contributed by atoms with Crippen molar-refractivity contribution >= 4 is 22.7 Å². The number of ether oxygens (including phenoxy) is 2. The molecule has 4 aromatic carbocycles. The van der Waals surface area contributed by atoms with Crippen molar-refractivity contribution in [1.29, 1.82) is 0 Å². The summed E-state index contributed by atoms with van der Waals surface area (Å²) >= 11 is 0. The third kappa shape index (κ3) is 5.93. The number of benzene rings is 4. The topological polar surface area (TPSA) is 82.1 Å². The molecule has 4 rings (SSSR count). The number of hydrogen-bond acceptors (Lipinski definition) is 6. The lowest BCUT2D eigenvalue weighted by atomic mass is 9.96. The van der Waals surface area contributed by atoms with Crippen LogP contribution in [0.3, 0.4) is 0 Å². The Bertz CT molecular complexity index is 1610. The summed E-state index contributed by atoms with van der Waals surface area (Å²) in [5.41, 5.74) is 2.10. The molecule has 39 heavy (non-hydrogen) atoms. The van der Waals surface area contributed by atoms with Gasteiger partial charge in [-0.2, -0.15) is 4.39 Å². The van der Waals surface area contributed by atoms with Crippen molar-refractivity contribution in [3.8, 4) is 22.6 Å². The first-order valence-corrected chi connectivity index (χ1v) is 11.8. The lowest BCUT2D eigenvalue weighted by Gasteiger charge is -2.17. The Balaban J connectivity index is 1.57. The van der Waals surface area contributed by atoms with Gasteiger partial charge in [-0.05, 0) is 71.6 Å². The standard InChI is InChI=1S/C31H24F2O6/c1-17(2)30(34)37-24-12-11-22-15-21(9-10-23(22)16-24)19-5-7-20(8-6-19)29(39-36)25-13-14-26(28(33)27(25)32)38-31(35)18(3)4/h5-16,29,36H,1,3H2,2,4H3. The minimum absolute atomic E-state index is 0.0239. The van der Waals surface area contributed by atoms with Crippen molar-refractivity contribution in [2.45, 2.75) is 20.0 Å². The highest BCUT2D eigenvalue weighted by molar-refractivity contribution is 5.91. The highest BCUT2D eigenvalue weighted by Crippen LogP contribution is 2.34. The Morgan fingerprint density at radius 1 is 0.744 bits per heavy atom. The molecule has 0 aliphatic rings. The monoisotopic (exact) mass is 530 g/mol. The lowest BCUT2D eigenvalue weighted by Crippen LogP contribution is -2.12. The molecule has 0 amide bonds. The van der Waals surface area contributed by atoms with E-state index in [1.54, 1.807) is 43.3 Å². The molecule has 1 unspecified atom stereocenters. The van der Waals surface area contributed by atoms with Gasteiger partial charge in [0, 0.05) is 16.7 Å². The zero-order chi connectivity index (χ0) is 28.3. The first kappa shape index (κ1) is 27.4. The van der Waals surface area contributed by atoms with E-state index >= 15 is 0 Å². The summed E-state index contributed by atoms with van der Waals surface area (Å²) in [6.45, 7) is 9.93. The van der Waals surface area contributed by atoms with Crippen molar-refractivity contribution in [2.75, 3.05) is 0 Å². The predicted octanol–water partition coefficient (Wildman–Crippen LogP) is 7.33. The number of hydrogen-bond donors (Lipinski definition) is 1. The maximum absolute atomic E-state index is 14.9. The number of esters is 2. The quantitative estimate of drug-likeness (QED) is 0.0845. The average Bonchev–Trinajstić information content (AvgIpc) is 2.92. The second-order valence-corrected chi connectivity index (χ2v) is 8.95. The van der Waals surface area contributed by atoms with Crippen molar-refractivity contribution in [3.05, 3.63) is 120 Å². The second-order valence-electron chi connectivity index (χ2n) is 8.95. The zero-order valence-electron chi connectivity index (χ0n) is 21.2. The van der Waals surface area contributed by atoms with E-state index in [0.717, 1.165) is 28.0 Å². The molecule has 198 valence electrons. The molecule has 0 spiro atoms. The summed E-state index contributed by atoms with van der Waals surface area (Å²) in [6, 6.07) is 20.0. The number of carbonyl (C=O) groups excluding carboxylic acids is 2. The van der Waals surface area contributed by atoms with Gasteiger partial charge >= 0.3 is 11.9 Å². The third-order valence-electron chi connectivity index (χ3n) is 5.93. The Kier molecular flexibility index (Phi) is 7.99. The van der Waals surface area contributed by atoms with Crippen LogP contribution in [0.15, 0.2) is 97.1 Å². The lowest BCUT2D eigenvalue weighted by molar-refractivity contribution is -0.271. The smallest absolute Gasteiger partial charge is 0.338 e. The zero-order valence-corrected chi connectivity index (χ0v) is 21.2. The van der Waals surface area contributed by atoms with Gasteiger partial charge in [-0.3, -0.25) is 5.26 Å². The van der Waals surface area contributed by atoms with E-state index in [4.69, 9.17) is 9.47 Å². The molecule has 0 aliphatic carbocycles. The van der Waals surface area contributed by atoms with Gasteiger partial charge in [0.25, 0.3) is 0 Å². The second kappa shape index (κ2) is 11.4. The Morgan fingerprint density at radius 3 is 1.97 bits per heavy atom. The van der Waals surface area contributed by atoms with E-state index in [1.165, 1.54) is 13.0 Å². The maximum atomic E-state index is 14.9. The van der Waals surface area contributed by atoms with Crippen molar-refractivity contribution in [1.82, 2.24) is 0 Å². The van der Waals surface area contributed by atoms with Crippen LogP contribution in [-0.4, -0.2) is 17.2 Å². The van der Waals surface area contributed by atoms with Crippen LogP contribution in [0.2, 0.25) is 0 Å². The predicted molar refractivity (Wildman–Crippen MR) is 142 cm³/mol. The Hall–Kier alpha value is -4.66. The minimum atomic E-state index is -1.39. The van der Waals surface area contributed by atoms with Gasteiger partial charge in [0.2, 0.25) is 5.82 Å². The molecular weight excluding hydrogens is 506 g/mol. The molecule has 0 aromatic heterocycles. The van der Waals surface area contributed by atoms with E-state index in [9.17, 15) is 23.6 Å². The van der Waals surface area contributed by atoms with Crippen LogP contribution < -0.4 is 9.47 Å². The molecule has 6 nitrogen and oxygen atoms in total. The van der Waals surface area contributed by atoms with Gasteiger partial charge in [0.15, 0.2) is 11.6 Å². The van der Waals surface area contributed by atoms with Crippen LogP contribution in [0.1, 0.15) is 31.1 Å². The van der Waals surface area contributed by atoms with Crippen LogP contribution in [0.25, 0.3) is 21.9 Å². The van der Waals surface area contributed by atoms with Crippen LogP contribution in [0.5, 0.6) is 11.5 Å². The number of carbonyl (C=O) groups is 2. The molecule has 8 heteroatoms. The highest BCUT2D eigenvalue weighted by atomic mass is 19.2. The SMILES string of the molecule is C=C(C)C(=O)Oc1ccc2cc(-c3ccc(C(OO)c4ccc(OC(=O)C(=C)C)c(F)c4F)cc3)ccc2c1. The molecule has 0 saturated carbocycles. The van der Waals surface area contributed by atoms with Crippen molar-refractivity contribution < 1.29 is 38.0 Å². The molecule has 0 saturated heterocycles. The normalized spacial score (nSPS) is 11.6. The van der Waals surface area contributed by atoms with Gasteiger partial charge in [0.05, 0.1) is 0 Å². The van der Waals surface area contributed by atoms with Gasteiger partial charge in [-0.1, -0.05) is 55.6 Å². The minimum Gasteiger partial charge on any atom is -0.423 e. The van der Waals surface area contributed by atoms with Gasteiger partial charge in [-0.25, -0.2) is 18.9 Å². The van der Waals surface area contributed by atoms with Gasteiger partial charge in [-0.15, -0.1) is 0 Å². The average molecular weight is 531 g/mol. The van der Waals surface area contributed by atoms with Crippen molar-refractivity contribution in [3.63, 3.8) is 0 Å². The van der Waals surface area contributed by atoms with Crippen LogP contribution in [0, 0.1) is 11.6 Å². The number of rotatable bonds is 8. The van der Waals surface area contributed by atoms with E-state index in [0.29, 0.717) is 16.9 Å². The molecule has 0 radical (unpaired) electrons. The number of fused-ring (bicyclic) bond motifs is 1. The number of halogens is 2. The summed E-state index contributed by atoms with van der Waals surface area (Å²) in [6.07, 6.45) is -1.34. The summed E-state index contributed by atoms with van der Waals surface area (Å²) < 4.78 is 39.5. The summed E-state index contributed by atoms with van der Waals surface area (Å²) in [5, 5.41) is 11.3. The maximum Gasteiger partial charge on any atom is 0.338 e. The molecule has 0 fully saturated rings. The molecule has 1 atom stereocenters. The van der Waals surface area contributed by atoms with Gasteiger partial charge in [0.1, 0.15) is 11.9 Å². The van der Waals surface area contributed by atoms with Gasteiger partial charge < -0.3 is 9.47 Å². The van der Waals surface area contributed by atoms with E-state index in [-0.39, 0.29) is 11.1 Å². The molecular formula is C31H24F2O6. The molecule has 0 bridgehead atoms. The Morgan fingerprint density at radius 2 is 1.33 bits per heavy atom. The fraction of sp³-hybridized carbons (Fsp3) is 0.0968. The Labute approximate surface area is 223 Å². The summed E-state index contributed by atoms with van der Waals surface area (Å²) in [5.74, 6) is -4.31.